The van der Waals surface area contributed by atoms with Crippen LogP contribution in [-0.4, -0.2) is 62.9 Å². The van der Waals surface area contributed by atoms with Gasteiger partial charge in [-0.05, 0) is 57.6 Å². The SMILES string of the molecule is CCO[C@@]1(CC)CC[C@@]2(CO1)[C@H]1CCC3=C4[C@@H](CC3=O)[C@H](C(=O)OC)C[C@]42CN(C)C1. The highest BCUT2D eigenvalue weighted by Gasteiger charge is 2.70. The number of ether oxygens (including phenoxy) is 3. The van der Waals surface area contributed by atoms with Crippen LogP contribution in [0.3, 0.4) is 0 Å². The fourth-order valence-corrected chi connectivity index (χ4v) is 8.29. The Bertz CT molecular complexity index is 811. The minimum atomic E-state index is -0.494. The number of ketones is 1. The lowest BCUT2D eigenvalue weighted by molar-refractivity contribution is -0.302. The van der Waals surface area contributed by atoms with E-state index >= 15 is 0 Å². The van der Waals surface area contributed by atoms with E-state index in [1.54, 1.807) is 0 Å². The summed E-state index contributed by atoms with van der Waals surface area (Å²) in [6, 6.07) is 0. The number of Topliss-reactive ketones (excluding diaryl/α,β-unsaturated/α-hetero) is 1. The molecule has 2 saturated heterocycles. The number of allylic oxidation sites excluding steroid dienone is 1. The maximum atomic E-state index is 13.1. The maximum Gasteiger partial charge on any atom is 0.309 e. The van der Waals surface area contributed by atoms with Gasteiger partial charge < -0.3 is 19.1 Å². The monoisotopic (exact) mass is 431 g/mol. The van der Waals surface area contributed by atoms with E-state index in [4.69, 9.17) is 14.2 Å². The van der Waals surface area contributed by atoms with Crippen molar-refractivity contribution >= 4 is 11.8 Å². The van der Waals surface area contributed by atoms with Crippen molar-refractivity contribution in [1.82, 2.24) is 4.90 Å². The average molecular weight is 432 g/mol. The molecule has 0 N–H and O–H groups in total. The Kier molecular flexibility index (Phi) is 5.15. The Balaban J connectivity index is 1.63. The van der Waals surface area contributed by atoms with Gasteiger partial charge in [0.2, 0.25) is 0 Å². The first-order valence-electron chi connectivity index (χ1n) is 12.2. The molecule has 0 amide bonds. The van der Waals surface area contributed by atoms with E-state index in [1.165, 1.54) is 12.7 Å². The van der Waals surface area contributed by atoms with Crippen molar-refractivity contribution in [2.24, 2.45) is 28.6 Å². The number of piperidine rings is 1. The van der Waals surface area contributed by atoms with Crippen molar-refractivity contribution in [3.05, 3.63) is 11.1 Å². The molecule has 2 aliphatic heterocycles. The van der Waals surface area contributed by atoms with Gasteiger partial charge in [0.15, 0.2) is 11.6 Å². The molecule has 2 heterocycles. The Hall–Kier alpha value is -1.24. The number of rotatable bonds is 4. The van der Waals surface area contributed by atoms with Crippen LogP contribution in [0.2, 0.25) is 0 Å². The van der Waals surface area contributed by atoms with Gasteiger partial charge in [-0.2, -0.15) is 0 Å². The standard InChI is InChI=1S/C25H37NO5/c1-5-25(30-6-2)10-9-23(15-31-25)16-7-8-17-20(27)11-18-19(22(28)29-4)12-24(23,21(17)18)14-26(3)13-16/h16,18-19H,5-15H2,1-4H3/t16-,18-,19+,23+,24-,25+/m0/s1. The van der Waals surface area contributed by atoms with E-state index < -0.39 is 5.79 Å². The lowest BCUT2D eigenvalue weighted by atomic mass is 9.50. The molecule has 0 unspecified atom stereocenters. The van der Waals surface area contributed by atoms with Crippen LogP contribution in [-0.2, 0) is 23.8 Å². The largest absolute Gasteiger partial charge is 0.469 e. The first-order valence-corrected chi connectivity index (χ1v) is 12.2. The summed E-state index contributed by atoms with van der Waals surface area (Å²) in [4.78, 5) is 28.4. The molecule has 172 valence electrons. The van der Waals surface area contributed by atoms with E-state index in [2.05, 4.69) is 18.9 Å². The highest BCUT2D eigenvalue weighted by molar-refractivity contribution is 6.01. The third-order valence-corrected chi connectivity index (χ3v) is 9.55. The highest BCUT2D eigenvalue weighted by atomic mass is 16.7. The molecule has 6 atom stereocenters. The number of likely N-dealkylation sites (tertiary alicyclic amines) is 1. The molecule has 0 aromatic heterocycles. The molecule has 6 heteroatoms. The third-order valence-electron chi connectivity index (χ3n) is 9.55. The number of carbonyl (C=O) groups is 2. The first kappa shape index (κ1) is 21.6. The lowest BCUT2D eigenvalue weighted by Crippen LogP contribution is -2.64. The van der Waals surface area contributed by atoms with Crippen LogP contribution in [0.5, 0.6) is 0 Å². The molecule has 5 rings (SSSR count). The molecular weight excluding hydrogens is 394 g/mol. The quantitative estimate of drug-likeness (QED) is 0.636. The zero-order chi connectivity index (χ0) is 22.0. The van der Waals surface area contributed by atoms with Crippen molar-refractivity contribution < 1.29 is 23.8 Å². The van der Waals surface area contributed by atoms with Crippen LogP contribution in [0.1, 0.15) is 58.8 Å². The Labute approximate surface area is 185 Å². The summed E-state index contributed by atoms with van der Waals surface area (Å²) in [7, 11) is 3.68. The highest BCUT2D eigenvalue weighted by Crippen LogP contribution is 2.71. The van der Waals surface area contributed by atoms with Gasteiger partial charge in [0.05, 0.1) is 19.6 Å². The minimum absolute atomic E-state index is 0.0156. The minimum Gasteiger partial charge on any atom is -0.469 e. The molecule has 3 aliphatic carbocycles. The number of esters is 1. The Morgan fingerprint density at radius 1 is 1.29 bits per heavy atom. The van der Waals surface area contributed by atoms with E-state index in [0.29, 0.717) is 25.6 Å². The summed E-state index contributed by atoms with van der Waals surface area (Å²) in [6.07, 6.45) is 5.90. The van der Waals surface area contributed by atoms with E-state index in [1.807, 2.05) is 6.92 Å². The molecule has 1 saturated carbocycles. The van der Waals surface area contributed by atoms with Gasteiger partial charge in [-0.1, -0.05) is 12.5 Å². The van der Waals surface area contributed by atoms with Gasteiger partial charge in [-0.25, -0.2) is 0 Å². The van der Waals surface area contributed by atoms with E-state index in [-0.39, 0.29) is 34.4 Å². The number of carbonyl (C=O) groups excluding carboxylic acids is 2. The predicted molar refractivity (Wildman–Crippen MR) is 115 cm³/mol. The average Bonchev–Trinajstić information content (AvgIpc) is 3.23. The van der Waals surface area contributed by atoms with Crippen molar-refractivity contribution in [2.45, 2.75) is 64.6 Å². The zero-order valence-electron chi connectivity index (χ0n) is 19.5. The number of hydrogen-bond acceptors (Lipinski definition) is 6. The maximum absolute atomic E-state index is 13.1. The molecule has 0 aromatic rings. The number of hydrogen-bond donors (Lipinski definition) is 0. The second-order valence-electron chi connectivity index (χ2n) is 10.6. The predicted octanol–water partition coefficient (Wildman–Crippen LogP) is 3.35. The molecule has 2 spiro atoms. The van der Waals surface area contributed by atoms with Crippen LogP contribution >= 0.6 is 0 Å². The summed E-state index contributed by atoms with van der Waals surface area (Å²) in [5.74, 6) is -0.116. The van der Waals surface area contributed by atoms with Crippen molar-refractivity contribution in [1.29, 1.82) is 0 Å². The van der Waals surface area contributed by atoms with Crippen LogP contribution in [0, 0.1) is 28.6 Å². The summed E-state index contributed by atoms with van der Waals surface area (Å²) in [5, 5.41) is 0. The number of nitrogens with zero attached hydrogens (tertiary/aromatic N) is 1. The number of methoxy groups -OCH3 is 1. The van der Waals surface area contributed by atoms with Gasteiger partial charge in [0, 0.05) is 49.3 Å². The molecular formula is C25H37NO5. The molecule has 3 fully saturated rings. The summed E-state index contributed by atoms with van der Waals surface area (Å²) in [6.45, 7) is 7.41. The molecule has 0 radical (unpaired) electrons. The first-order chi connectivity index (χ1) is 14.9. The van der Waals surface area contributed by atoms with Gasteiger partial charge in [-0.3, -0.25) is 9.59 Å². The zero-order valence-corrected chi connectivity index (χ0v) is 19.5. The Morgan fingerprint density at radius 3 is 2.74 bits per heavy atom. The summed E-state index contributed by atoms with van der Waals surface area (Å²) >= 11 is 0. The van der Waals surface area contributed by atoms with Crippen molar-refractivity contribution in [3.63, 3.8) is 0 Å². The van der Waals surface area contributed by atoms with Gasteiger partial charge in [0.1, 0.15) is 0 Å². The normalized spacial score (nSPS) is 44.5. The van der Waals surface area contributed by atoms with Crippen LogP contribution < -0.4 is 0 Å². The smallest absolute Gasteiger partial charge is 0.309 e. The molecule has 5 aliphatic rings. The van der Waals surface area contributed by atoms with Crippen LogP contribution in [0.4, 0.5) is 0 Å². The van der Waals surface area contributed by atoms with E-state index in [9.17, 15) is 9.59 Å². The van der Waals surface area contributed by atoms with Gasteiger partial charge in [0.25, 0.3) is 0 Å². The lowest BCUT2D eigenvalue weighted by Gasteiger charge is -2.62. The van der Waals surface area contributed by atoms with Crippen molar-refractivity contribution in [2.75, 3.05) is 40.5 Å². The van der Waals surface area contributed by atoms with Crippen LogP contribution in [0.15, 0.2) is 11.1 Å². The third kappa shape index (κ3) is 2.80. The molecule has 2 bridgehead atoms. The second kappa shape index (κ2) is 7.39. The Morgan fingerprint density at radius 2 is 2.10 bits per heavy atom. The molecule has 31 heavy (non-hydrogen) atoms. The summed E-state index contributed by atoms with van der Waals surface area (Å²) in [5.41, 5.74) is 2.13. The second-order valence-corrected chi connectivity index (χ2v) is 10.6. The van der Waals surface area contributed by atoms with Gasteiger partial charge >= 0.3 is 5.97 Å². The van der Waals surface area contributed by atoms with Crippen molar-refractivity contribution in [3.8, 4) is 0 Å². The van der Waals surface area contributed by atoms with E-state index in [0.717, 1.165) is 57.2 Å². The van der Waals surface area contributed by atoms with Crippen LogP contribution in [0.25, 0.3) is 0 Å². The fraction of sp³-hybridized carbons (Fsp3) is 0.840. The van der Waals surface area contributed by atoms with Gasteiger partial charge in [-0.15, -0.1) is 0 Å². The summed E-state index contributed by atoms with van der Waals surface area (Å²) < 4.78 is 18.0. The topological polar surface area (TPSA) is 65.1 Å². The fourth-order valence-electron chi connectivity index (χ4n) is 8.29. The molecule has 6 nitrogen and oxygen atoms in total. The molecule has 0 aromatic carbocycles.